The summed E-state index contributed by atoms with van der Waals surface area (Å²) in [6, 6.07) is 25.5. The van der Waals surface area contributed by atoms with Crippen molar-refractivity contribution in [3.63, 3.8) is 0 Å². The number of benzene rings is 3. The van der Waals surface area contributed by atoms with Crippen LogP contribution in [0.25, 0.3) is 5.76 Å². The Morgan fingerprint density at radius 3 is 2.24 bits per heavy atom. The van der Waals surface area contributed by atoms with Crippen LogP contribution >= 0.6 is 0 Å². The van der Waals surface area contributed by atoms with Gasteiger partial charge in [0.25, 0.3) is 17.4 Å². The van der Waals surface area contributed by atoms with Crippen molar-refractivity contribution >= 4 is 28.8 Å². The standard InChI is InChI=1S/C29H21N3O6/c33-27(20-9-11-22(12-10-20)32(36)37)25-26(24-8-4-5-17-30-24)31(29(35)28(25)34)21-13-15-23(16-14-21)38-18-19-6-2-1-3-7-19/h1-17,26,33H,18H2/b27-25-. The molecule has 0 radical (unpaired) electrons. The number of carbonyl (C=O) groups excluding carboxylic acids is 2. The van der Waals surface area contributed by atoms with Crippen molar-refractivity contribution in [2.45, 2.75) is 12.6 Å². The Kier molecular flexibility index (Phi) is 6.65. The highest BCUT2D eigenvalue weighted by atomic mass is 16.6. The summed E-state index contributed by atoms with van der Waals surface area (Å²) in [6.07, 6.45) is 1.53. The number of rotatable bonds is 7. The maximum atomic E-state index is 13.3. The second kappa shape index (κ2) is 10.4. The first-order valence-corrected chi connectivity index (χ1v) is 11.7. The first-order valence-electron chi connectivity index (χ1n) is 11.7. The highest BCUT2D eigenvalue weighted by Crippen LogP contribution is 2.41. The maximum Gasteiger partial charge on any atom is 0.300 e. The first-order chi connectivity index (χ1) is 18.4. The Morgan fingerprint density at radius 2 is 1.61 bits per heavy atom. The SMILES string of the molecule is O=C1C(=O)N(c2ccc(OCc3ccccc3)cc2)C(c2ccccn2)/C1=C(/O)c1ccc([N+](=O)[O-])cc1. The predicted octanol–water partition coefficient (Wildman–Crippen LogP) is 5.20. The molecule has 1 atom stereocenters. The van der Waals surface area contributed by atoms with Gasteiger partial charge < -0.3 is 9.84 Å². The predicted molar refractivity (Wildman–Crippen MR) is 139 cm³/mol. The van der Waals surface area contributed by atoms with Crippen LogP contribution in [0, 0.1) is 10.1 Å². The zero-order valence-corrected chi connectivity index (χ0v) is 19.9. The van der Waals surface area contributed by atoms with Crippen molar-refractivity contribution < 1.29 is 24.4 Å². The summed E-state index contributed by atoms with van der Waals surface area (Å²) in [6.45, 7) is 0.369. The lowest BCUT2D eigenvalue weighted by Crippen LogP contribution is -2.29. The fourth-order valence-corrected chi connectivity index (χ4v) is 4.26. The number of hydrogen-bond donors (Lipinski definition) is 1. The van der Waals surface area contributed by atoms with E-state index in [4.69, 9.17) is 4.74 Å². The zero-order valence-electron chi connectivity index (χ0n) is 19.9. The number of nitro benzene ring substituents is 1. The number of aromatic nitrogens is 1. The van der Waals surface area contributed by atoms with Gasteiger partial charge in [-0.05, 0) is 54.1 Å². The number of nitro groups is 1. The van der Waals surface area contributed by atoms with Crippen molar-refractivity contribution in [3.05, 3.63) is 136 Å². The number of ether oxygens (including phenoxy) is 1. The Morgan fingerprint density at radius 1 is 0.921 bits per heavy atom. The Balaban J connectivity index is 1.51. The highest BCUT2D eigenvalue weighted by molar-refractivity contribution is 6.51. The van der Waals surface area contributed by atoms with Gasteiger partial charge in [-0.2, -0.15) is 0 Å². The molecule has 188 valence electrons. The van der Waals surface area contributed by atoms with Gasteiger partial charge in [0.05, 0.1) is 16.2 Å². The van der Waals surface area contributed by atoms with Crippen molar-refractivity contribution in [1.82, 2.24) is 4.98 Å². The van der Waals surface area contributed by atoms with E-state index in [0.29, 0.717) is 23.7 Å². The third-order valence-electron chi connectivity index (χ3n) is 6.13. The summed E-state index contributed by atoms with van der Waals surface area (Å²) >= 11 is 0. The van der Waals surface area contributed by atoms with Gasteiger partial charge >= 0.3 is 0 Å². The topological polar surface area (TPSA) is 123 Å². The summed E-state index contributed by atoms with van der Waals surface area (Å²) in [5, 5.41) is 22.1. The molecule has 4 aromatic rings. The number of amides is 1. The fourth-order valence-electron chi connectivity index (χ4n) is 4.26. The van der Waals surface area contributed by atoms with Gasteiger partial charge in [-0.1, -0.05) is 36.4 Å². The summed E-state index contributed by atoms with van der Waals surface area (Å²) < 4.78 is 5.83. The number of carbonyl (C=O) groups is 2. The third-order valence-corrected chi connectivity index (χ3v) is 6.13. The molecule has 1 unspecified atom stereocenters. The normalized spacial score (nSPS) is 16.4. The average Bonchev–Trinajstić information content (AvgIpc) is 3.23. The Hall–Kier alpha value is -5.31. The molecule has 1 aliphatic rings. The molecule has 2 heterocycles. The van der Waals surface area contributed by atoms with Crippen LogP contribution < -0.4 is 9.64 Å². The van der Waals surface area contributed by atoms with Gasteiger partial charge in [-0.25, -0.2) is 0 Å². The molecule has 0 aliphatic carbocycles. The number of pyridine rings is 1. The molecule has 1 N–H and O–H groups in total. The minimum atomic E-state index is -1.01. The van der Waals surface area contributed by atoms with E-state index < -0.39 is 28.4 Å². The quantitative estimate of drug-likeness (QED) is 0.120. The summed E-state index contributed by atoms with van der Waals surface area (Å²) in [7, 11) is 0. The number of ketones is 1. The number of hydrogen-bond acceptors (Lipinski definition) is 7. The van der Waals surface area contributed by atoms with E-state index in [1.165, 1.54) is 35.4 Å². The van der Waals surface area contributed by atoms with Crippen LogP contribution in [0.3, 0.4) is 0 Å². The number of aliphatic hydroxyl groups is 1. The van der Waals surface area contributed by atoms with E-state index in [0.717, 1.165) is 5.56 Å². The number of non-ortho nitro benzene ring substituents is 1. The second-order valence-corrected chi connectivity index (χ2v) is 8.50. The van der Waals surface area contributed by atoms with E-state index in [1.807, 2.05) is 30.3 Å². The number of anilines is 1. The number of nitrogens with zero attached hydrogens (tertiary/aromatic N) is 3. The molecular formula is C29H21N3O6. The van der Waals surface area contributed by atoms with Crippen LogP contribution in [0.5, 0.6) is 5.75 Å². The van der Waals surface area contributed by atoms with Gasteiger partial charge in [0.2, 0.25) is 0 Å². The molecule has 9 nitrogen and oxygen atoms in total. The first kappa shape index (κ1) is 24.4. The Labute approximate surface area is 217 Å². The molecule has 1 saturated heterocycles. The van der Waals surface area contributed by atoms with E-state index in [9.17, 15) is 24.8 Å². The van der Waals surface area contributed by atoms with Crippen LogP contribution in [-0.4, -0.2) is 26.7 Å². The van der Waals surface area contributed by atoms with Gasteiger partial charge in [0.15, 0.2) is 0 Å². The van der Waals surface area contributed by atoms with Gasteiger partial charge in [-0.3, -0.25) is 29.6 Å². The molecular weight excluding hydrogens is 486 g/mol. The molecule has 1 aliphatic heterocycles. The van der Waals surface area contributed by atoms with E-state index in [-0.39, 0.29) is 16.8 Å². The molecule has 38 heavy (non-hydrogen) atoms. The van der Waals surface area contributed by atoms with Crippen molar-refractivity contribution in [2.24, 2.45) is 0 Å². The third kappa shape index (κ3) is 4.72. The molecule has 0 spiro atoms. The molecule has 1 fully saturated rings. The van der Waals surface area contributed by atoms with E-state index in [1.54, 1.807) is 42.5 Å². The summed E-state index contributed by atoms with van der Waals surface area (Å²) in [4.78, 5) is 42.6. The maximum absolute atomic E-state index is 13.3. The number of aliphatic hydroxyl groups excluding tert-OH is 1. The van der Waals surface area contributed by atoms with Crippen molar-refractivity contribution in [1.29, 1.82) is 0 Å². The van der Waals surface area contributed by atoms with Crippen LogP contribution in [0.1, 0.15) is 22.9 Å². The second-order valence-electron chi connectivity index (χ2n) is 8.50. The highest BCUT2D eigenvalue weighted by Gasteiger charge is 2.47. The van der Waals surface area contributed by atoms with Crippen molar-refractivity contribution in [2.75, 3.05) is 4.90 Å². The molecule has 9 heteroatoms. The molecule has 0 bridgehead atoms. The van der Waals surface area contributed by atoms with Gasteiger partial charge in [-0.15, -0.1) is 0 Å². The lowest BCUT2D eigenvalue weighted by atomic mass is 9.98. The molecule has 1 amide bonds. The minimum absolute atomic E-state index is 0.160. The monoisotopic (exact) mass is 507 g/mol. The molecule has 3 aromatic carbocycles. The lowest BCUT2D eigenvalue weighted by Gasteiger charge is -2.24. The van der Waals surface area contributed by atoms with E-state index >= 15 is 0 Å². The summed E-state index contributed by atoms with van der Waals surface area (Å²) in [5.41, 5.74) is 1.63. The molecule has 5 rings (SSSR count). The zero-order chi connectivity index (χ0) is 26.6. The summed E-state index contributed by atoms with van der Waals surface area (Å²) in [5.74, 6) is -1.59. The van der Waals surface area contributed by atoms with Gasteiger partial charge in [0, 0.05) is 29.6 Å². The fraction of sp³-hybridized carbons (Fsp3) is 0.0690. The van der Waals surface area contributed by atoms with Crippen LogP contribution in [0.15, 0.2) is 109 Å². The molecule has 0 saturated carbocycles. The van der Waals surface area contributed by atoms with Gasteiger partial charge in [0.1, 0.15) is 24.2 Å². The van der Waals surface area contributed by atoms with Crippen LogP contribution in [0.4, 0.5) is 11.4 Å². The van der Waals surface area contributed by atoms with E-state index in [2.05, 4.69) is 4.98 Å². The van der Waals surface area contributed by atoms with Crippen LogP contribution in [0.2, 0.25) is 0 Å². The smallest absolute Gasteiger partial charge is 0.300 e. The minimum Gasteiger partial charge on any atom is -0.507 e. The Bertz CT molecular complexity index is 1520. The number of Topliss-reactive ketones (excluding diaryl/α,β-unsaturated/α-hetero) is 1. The lowest BCUT2D eigenvalue weighted by molar-refractivity contribution is -0.384. The molecule has 1 aromatic heterocycles. The average molecular weight is 508 g/mol. The van der Waals surface area contributed by atoms with Crippen LogP contribution in [-0.2, 0) is 16.2 Å². The van der Waals surface area contributed by atoms with Crippen molar-refractivity contribution in [3.8, 4) is 5.75 Å². The largest absolute Gasteiger partial charge is 0.507 e.